The summed E-state index contributed by atoms with van der Waals surface area (Å²) < 4.78 is 0. The summed E-state index contributed by atoms with van der Waals surface area (Å²) >= 11 is 0. The van der Waals surface area contributed by atoms with E-state index >= 15 is 0 Å². The summed E-state index contributed by atoms with van der Waals surface area (Å²) in [5.74, 6) is 0. The van der Waals surface area contributed by atoms with Gasteiger partial charge in [0.15, 0.2) is 0 Å². The number of nitrogens with one attached hydrogen (secondary N) is 1. The molecule has 1 nitrogen and oxygen atoms in total. The van der Waals surface area contributed by atoms with Crippen LogP contribution in [-0.4, -0.2) is 13.1 Å². The van der Waals surface area contributed by atoms with Gasteiger partial charge >= 0.3 is 0 Å². The lowest BCUT2D eigenvalue weighted by molar-refractivity contribution is 0.457. The van der Waals surface area contributed by atoms with Crippen LogP contribution in [0.15, 0.2) is 12.2 Å². The van der Waals surface area contributed by atoms with Gasteiger partial charge in [0, 0.05) is 6.04 Å². The molecule has 0 aromatic carbocycles. The minimum atomic E-state index is 0.697. The number of rotatable bonds is 11. The van der Waals surface area contributed by atoms with Crippen LogP contribution in [0.25, 0.3) is 0 Å². The fraction of sp³-hybridized carbons (Fsp3) is 0.867. The summed E-state index contributed by atoms with van der Waals surface area (Å²) in [6, 6.07) is 0.697. The first kappa shape index (κ1) is 15.7. The molecule has 1 atom stereocenters. The van der Waals surface area contributed by atoms with Crippen molar-refractivity contribution in [2.45, 2.75) is 77.7 Å². The van der Waals surface area contributed by atoms with E-state index in [1.807, 2.05) is 0 Å². The maximum atomic E-state index is 3.96. The van der Waals surface area contributed by atoms with Crippen LogP contribution in [-0.2, 0) is 0 Å². The molecular formula is C15H31N. The third kappa shape index (κ3) is 10.2. The van der Waals surface area contributed by atoms with Crippen molar-refractivity contribution in [1.29, 1.82) is 0 Å². The minimum Gasteiger partial charge on any atom is -0.317 e. The molecule has 0 aliphatic rings. The zero-order chi connectivity index (χ0) is 12.2. The van der Waals surface area contributed by atoms with Crippen molar-refractivity contribution in [2.24, 2.45) is 0 Å². The van der Waals surface area contributed by atoms with Crippen LogP contribution in [0.3, 0.4) is 0 Å². The Balaban J connectivity index is 3.37. The van der Waals surface area contributed by atoms with E-state index in [0.29, 0.717) is 6.04 Å². The largest absolute Gasteiger partial charge is 0.317 e. The molecule has 96 valence electrons. The van der Waals surface area contributed by atoms with E-state index in [0.717, 1.165) is 0 Å². The first-order chi connectivity index (χ1) is 7.70. The van der Waals surface area contributed by atoms with Gasteiger partial charge in [-0.15, -0.1) is 6.58 Å². The lowest BCUT2D eigenvalue weighted by Gasteiger charge is -2.15. The van der Waals surface area contributed by atoms with Crippen LogP contribution in [0, 0.1) is 0 Å². The molecule has 0 aliphatic carbocycles. The normalized spacial score (nSPS) is 12.7. The second kappa shape index (κ2) is 11.2. The number of unbranched alkanes of at least 4 members (excludes halogenated alkanes) is 5. The molecule has 0 radical (unpaired) electrons. The summed E-state index contributed by atoms with van der Waals surface area (Å²) in [6.45, 7) is 8.36. The fourth-order valence-electron chi connectivity index (χ4n) is 2.02. The Labute approximate surface area is 103 Å². The van der Waals surface area contributed by atoms with Crippen molar-refractivity contribution < 1.29 is 0 Å². The zero-order valence-corrected chi connectivity index (χ0v) is 11.6. The molecular weight excluding hydrogens is 194 g/mol. The lowest BCUT2D eigenvalue weighted by Crippen LogP contribution is -2.24. The summed E-state index contributed by atoms with van der Waals surface area (Å²) in [5.41, 5.74) is 1.31. The summed E-state index contributed by atoms with van der Waals surface area (Å²) in [6.07, 6.45) is 12.1. The SMILES string of the molecule is C=C(C)CCC(CCCCCCCC)NC. The van der Waals surface area contributed by atoms with E-state index in [1.54, 1.807) is 0 Å². The van der Waals surface area contributed by atoms with Gasteiger partial charge in [0.1, 0.15) is 0 Å². The van der Waals surface area contributed by atoms with Gasteiger partial charge in [-0.1, -0.05) is 51.0 Å². The van der Waals surface area contributed by atoms with Gasteiger partial charge in [-0.3, -0.25) is 0 Å². The molecule has 0 bridgehead atoms. The van der Waals surface area contributed by atoms with Gasteiger partial charge in [0.05, 0.1) is 0 Å². The Morgan fingerprint density at radius 1 is 1.06 bits per heavy atom. The molecule has 0 aromatic heterocycles. The highest BCUT2D eigenvalue weighted by Crippen LogP contribution is 2.12. The van der Waals surface area contributed by atoms with Crippen molar-refractivity contribution in [3.8, 4) is 0 Å². The van der Waals surface area contributed by atoms with Gasteiger partial charge in [-0.05, 0) is 33.2 Å². The molecule has 1 unspecified atom stereocenters. The van der Waals surface area contributed by atoms with Crippen molar-refractivity contribution in [3.05, 3.63) is 12.2 Å². The highest BCUT2D eigenvalue weighted by atomic mass is 14.9. The van der Waals surface area contributed by atoms with Gasteiger partial charge in [-0.25, -0.2) is 0 Å². The van der Waals surface area contributed by atoms with E-state index in [1.165, 1.54) is 63.4 Å². The predicted molar refractivity (Wildman–Crippen MR) is 74.9 cm³/mol. The summed E-state index contributed by atoms with van der Waals surface area (Å²) in [7, 11) is 2.08. The highest BCUT2D eigenvalue weighted by molar-refractivity contribution is 4.89. The van der Waals surface area contributed by atoms with E-state index in [-0.39, 0.29) is 0 Å². The lowest BCUT2D eigenvalue weighted by atomic mass is 10.0. The summed E-state index contributed by atoms with van der Waals surface area (Å²) in [5, 5.41) is 3.42. The topological polar surface area (TPSA) is 12.0 Å². The fourth-order valence-corrected chi connectivity index (χ4v) is 2.02. The van der Waals surface area contributed by atoms with Gasteiger partial charge in [0.2, 0.25) is 0 Å². The Kier molecular flexibility index (Phi) is 11.0. The third-order valence-electron chi connectivity index (χ3n) is 3.23. The molecule has 0 fully saturated rings. The Morgan fingerprint density at radius 2 is 1.69 bits per heavy atom. The number of allylic oxidation sites excluding steroid dienone is 1. The molecule has 16 heavy (non-hydrogen) atoms. The van der Waals surface area contributed by atoms with Crippen molar-refractivity contribution in [2.75, 3.05) is 7.05 Å². The van der Waals surface area contributed by atoms with E-state index in [9.17, 15) is 0 Å². The Morgan fingerprint density at radius 3 is 2.25 bits per heavy atom. The quantitative estimate of drug-likeness (QED) is 0.397. The van der Waals surface area contributed by atoms with Crippen LogP contribution < -0.4 is 5.32 Å². The standard InChI is InChI=1S/C15H31N/c1-5-6-7-8-9-10-11-15(16-4)13-12-14(2)3/h15-16H,2,5-13H2,1,3-4H3. The smallest absolute Gasteiger partial charge is 0.00671 e. The number of hydrogen-bond acceptors (Lipinski definition) is 1. The molecule has 0 saturated carbocycles. The molecule has 0 heterocycles. The molecule has 0 aromatic rings. The second-order valence-corrected chi connectivity index (χ2v) is 5.04. The molecule has 0 spiro atoms. The van der Waals surface area contributed by atoms with Crippen LogP contribution in [0.1, 0.15) is 71.6 Å². The average molecular weight is 225 g/mol. The predicted octanol–water partition coefficient (Wildman–Crippen LogP) is 4.68. The van der Waals surface area contributed by atoms with Crippen LogP contribution in [0.4, 0.5) is 0 Å². The van der Waals surface area contributed by atoms with Crippen LogP contribution in [0.5, 0.6) is 0 Å². The zero-order valence-electron chi connectivity index (χ0n) is 11.6. The van der Waals surface area contributed by atoms with Crippen LogP contribution in [0.2, 0.25) is 0 Å². The van der Waals surface area contributed by atoms with E-state index in [2.05, 4.69) is 32.8 Å². The van der Waals surface area contributed by atoms with E-state index in [4.69, 9.17) is 0 Å². The second-order valence-electron chi connectivity index (χ2n) is 5.04. The van der Waals surface area contributed by atoms with Crippen molar-refractivity contribution in [1.82, 2.24) is 5.32 Å². The number of hydrogen-bond donors (Lipinski definition) is 1. The Hall–Kier alpha value is -0.300. The van der Waals surface area contributed by atoms with Crippen LogP contribution >= 0.6 is 0 Å². The maximum Gasteiger partial charge on any atom is 0.00671 e. The molecule has 0 amide bonds. The Bertz CT molecular complexity index is 163. The van der Waals surface area contributed by atoms with Crippen molar-refractivity contribution >= 4 is 0 Å². The van der Waals surface area contributed by atoms with Gasteiger partial charge in [0.25, 0.3) is 0 Å². The summed E-state index contributed by atoms with van der Waals surface area (Å²) in [4.78, 5) is 0. The maximum absolute atomic E-state index is 3.96. The first-order valence-electron chi connectivity index (χ1n) is 7.02. The highest BCUT2D eigenvalue weighted by Gasteiger charge is 2.05. The first-order valence-corrected chi connectivity index (χ1v) is 7.02. The molecule has 0 saturated heterocycles. The molecule has 0 rings (SSSR count). The molecule has 1 heteroatoms. The minimum absolute atomic E-state index is 0.697. The third-order valence-corrected chi connectivity index (χ3v) is 3.23. The van der Waals surface area contributed by atoms with Gasteiger partial charge < -0.3 is 5.32 Å². The molecule has 0 aliphatic heterocycles. The average Bonchev–Trinajstić information content (AvgIpc) is 2.27. The van der Waals surface area contributed by atoms with E-state index < -0.39 is 0 Å². The monoisotopic (exact) mass is 225 g/mol. The molecule has 1 N–H and O–H groups in total. The van der Waals surface area contributed by atoms with Crippen molar-refractivity contribution in [3.63, 3.8) is 0 Å². The van der Waals surface area contributed by atoms with Gasteiger partial charge in [-0.2, -0.15) is 0 Å².